The van der Waals surface area contributed by atoms with Crippen molar-refractivity contribution in [1.29, 1.82) is 0 Å². The van der Waals surface area contributed by atoms with Gasteiger partial charge < -0.3 is 5.73 Å². The van der Waals surface area contributed by atoms with Gasteiger partial charge in [0.05, 0.1) is 0 Å². The fourth-order valence-electron chi connectivity index (χ4n) is 0.290. The molecule has 0 saturated carbocycles. The fraction of sp³-hybridized carbons (Fsp3) is 1.00. The first kappa shape index (κ1) is 7.75. The lowest BCUT2D eigenvalue weighted by Crippen LogP contribution is -2.17. The third-order valence-electron chi connectivity index (χ3n) is 0.690. The Morgan fingerprint density at radius 1 is 1.25 bits per heavy atom. The Kier molecular flexibility index (Phi) is 3.60. The van der Waals surface area contributed by atoms with Crippen molar-refractivity contribution < 1.29 is 13.2 Å². The van der Waals surface area contributed by atoms with Gasteiger partial charge in [0.15, 0.2) is 0 Å². The van der Waals surface area contributed by atoms with Crippen LogP contribution in [-0.4, -0.2) is 19.1 Å². The zero-order chi connectivity index (χ0) is 6.57. The highest BCUT2D eigenvalue weighted by Gasteiger charge is 2.10. The molecule has 2 N–H and O–H groups in total. The molecule has 8 heavy (non-hydrogen) atoms. The van der Waals surface area contributed by atoms with Crippen molar-refractivity contribution in [2.24, 2.45) is 5.73 Å². The molecule has 4 heteroatoms. The molecule has 0 aromatic heterocycles. The highest BCUT2D eigenvalue weighted by Crippen LogP contribution is 2.04. The summed E-state index contributed by atoms with van der Waals surface area (Å²) < 4.78 is 34.1. The molecule has 0 unspecified atom stereocenters. The number of hydrogen-bond acceptors (Lipinski definition) is 1. The second kappa shape index (κ2) is 3.72. The third kappa shape index (κ3) is 3.92. The smallest absolute Gasteiger partial charge is 0.241 e. The molecule has 0 radical (unpaired) electrons. The van der Waals surface area contributed by atoms with E-state index in [2.05, 4.69) is 0 Å². The number of halogens is 3. The fourth-order valence-corrected chi connectivity index (χ4v) is 0.290. The first-order chi connectivity index (χ1) is 3.66. The van der Waals surface area contributed by atoms with Crippen molar-refractivity contribution in [1.82, 2.24) is 0 Å². The first-order valence-corrected chi connectivity index (χ1v) is 2.29. The van der Waals surface area contributed by atoms with Crippen molar-refractivity contribution in [3.05, 3.63) is 0 Å². The van der Waals surface area contributed by atoms with Gasteiger partial charge >= 0.3 is 0 Å². The number of alkyl halides is 3. The van der Waals surface area contributed by atoms with E-state index in [1.807, 2.05) is 0 Å². The van der Waals surface area contributed by atoms with E-state index < -0.39 is 19.0 Å². The minimum atomic E-state index is -2.58. The lowest BCUT2D eigenvalue weighted by atomic mass is 10.3. The van der Waals surface area contributed by atoms with Crippen LogP contribution in [0.1, 0.15) is 6.42 Å². The Morgan fingerprint density at radius 3 is 1.88 bits per heavy atom. The molecule has 0 aromatic rings. The van der Waals surface area contributed by atoms with Crippen molar-refractivity contribution in [3.63, 3.8) is 0 Å². The van der Waals surface area contributed by atoms with Gasteiger partial charge in [0.2, 0.25) is 6.43 Å². The van der Waals surface area contributed by atoms with Crippen LogP contribution in [0.2, 0.25) is 0 Å². The topological polar surface area (TPSA) is 26.0 Å². The summed E-state index contributed by atoms with van der Waals surface area (Å²) in [6.45, 7) is -0.315. The zero-order valence-corrected chi connectivity index (χ0v) is 4.28. The van der Waals surface area contributed by atoms with Crippen molar-refractivity contribution in [3.8, 4) is 0 Å². The van der Waals surface area contributed by atoms with E-state index in [0.717, 1.165) is 0 Å². The van der Waals surface area contributed by atoms with Gasteiger partial charge in [-0.1, -0.05) is 0 Å². The normalized spacial score (nSPS) is 14.6. The summed E-state index contributed by atoms with van der Waals surface area (Å²) in [5, 5.41) is 0. The van der Waals surface area contributed by atoms with Gasteiger partial charge in [0.25, 0.3) is 0 Å². The van der Waals surface area contributed by atoms with Gasteiger partial charge in [0.1, 0.15) is 6.17 Å². The molecule has 1 atom stereocenters. The highest BCUT2D eigenvalue weighted by molar-refractivity contribution is 4.56. The number of rotatable bonds is 3. The Balaban J connectivity index is 3.10. The van der Waals surface area contributed by atoms with Crippen LogP contribution in [0.5, 0.6) is 0 Å². The van der Waals surface area contributed by atoms with Gasteiger partial charge in [0, 0.05) is 13.0 Å². The second-order valence-corrected chi connectivity index (χ2v) is 1.46. The molecule has 0 bridgehead atoms. The van der Waals surface area contributed by atoms with Crippen LogP contribution in [0.3, 0.4) is 0 Å². The van der Waals surface area contributed by atoms with E-state index in [1.54, 1.807) is 0 Å². The van der Waals surface area contributed by atoms with E-state index in [0.29, 0.717) is 0 Å². The quantitative estimate of drug-likeness (QED) is 0.599. The average molecular weight is 127 g/mol. The lowest BCUT2D eigenvalue weighted by Gasteiger charge is -2.00. The van der Waals surface area contributed by atoms with Crippen molar-refractivity contribution in [2.45, 2.75) is 19.0 Å². The molecule has 0 fully saturated rings. The van der Waals surface area contributed by atoms with Crippen LogP contribution in [-0.2, 0) is 0 Å². The summed E-state index contributed by atoms with van der Waals surface area (Å²) in [6.07, 6.45) is -4.86. The minimum absolute atomic E-state index is 0.315. The van der Waals surface area contributed by atoms with E-state index in [-0.39, 0.29) is 6.54 Å². The Hall–Kier alpha value is -0.250. The molecular formula is C4H8F3N. The zero-order valence-electron chi connectivity index (χ0n) is 4.28. The van der Waals surface area contributed by atoms with Crippen LogP contribution < -0.4 is 5.73 Å². The SMILES string of the molecule is NC[C@H](F)CC(F)F. The van der Waals surface area contributed by atoms with Crippen LogP contribution in [0, 0.1) is 0 Å². The maximum absolute atomic E-state index is 11.8. The van der Waals surface area contributed by atoms with E-state index in [4.69, 9.17) is 5.73 Å². The molecule has 1 nitrogen and oxygen atoms in total. The lowest BCUT2D eigenvalue weighted by molar-refractivity contribution is 0.103. The summed E-state index contributed by atoms with van der Waals surface area (Å²) in [7, 11) is 0. The van der Waals surface area contributed by atoms with Crippen LogP contribution in [0.25, 0.3) is 0 Å². The van der Waals surface area contributed by atoms with Crippen LogP contribution in [0.4, 0.5) is 13.2 Å². The molecule has 0 spiro atoms. The van der Waals surface area contributed by atoms with Gasteiger partial charge in [-0.3, -0.25) is 0 Å². The van der Waals surface area contributed by atoms with Crippen molar-refractivity contribution in [2.75, 3.05) is 6.54 Å². The summed E-state index contributed by atoms with van der Waals surface area (Å²) >= 11 is 0. The molecule has 50 valence electrons. The predicted octanol–water partition coefficient (Wildman–Crippen LogP) is 0.938. The number of hydrogen-bond donors (Lipinski definition) is 1. The van der Waals surface area contributed by atoms with Gasteiger partial charge in [-0.05, 0) is 0 Å². The molecule has 0 aliphatic carbocycles. The third-order valence-corrected chi connectivity index (χ3v) is 0.690. The maximum atomic E-state index is 11.8. The van der Waals surface area contributed by atoms with Gasteiger partial charge in [-0.25, -0.2) is 13.2 Å². The summed E-state index contributed by atoms with van der Waals surface area (Å²) in [5.41, 5.74) is 4.71. The molecule has 0 aliphatic rings. The average Bonchev–Trinajstić information content (AvgIpc) is 1.65. The molecule has 0 aromatic carbocycles. The highest BCUT2D eigenvalue weighted by atomic mass is 19.3. The molecule has 0 heterocycles. The standard InChI is InChI=1S/C4H8F3N/c5-3(2-8)1-4(6)7/h3-4H,1-2,8H2/t3-/m1/s1. The predicted molar refractivity (Wildman–Crippen MR) is 24.6 cm³/mol. The van der Waals surface area contributed by atoms with Gasteiger partial charge in [-0.15, -0.1) is 0 Å². The van der Waals surface area contributed by atoms with E-state index in [9.17, 15) is 13.2 Å². The minimum Gasteiger partial charge on any atom is -0.328 e. The Bertz CT molecular complexity index is 57.2. The maximum Gasteiger partial charge on any atom is 0.241 e. The molecule has 0 aliphatic heterocycles. The Morgan fingerprint density at radius 2 is 1.75 bits per heavy atom. The van der Waals surface area contributed by atoms with Crippen LogP contribution in [0.15, 0.2) is 0 Å². The van der Waals surface area contributed by atoms with E-state index in [1.165, 1.54) is 0 Å². The number of nitrogens with two attached hydrogens (primary N) is 1. The summed E-state index contributed by atoms with van der Waals surface area (Å²) in [6, 6.07) is 0. The molecule has 0 rings (SSSR count). The summed E-state index contributed by atoms with van der Waals surface area (Å²) in [5.74, 6) is 0. The molecule has 0 saturated heterocycles. The van der Waals surface area contributed by atoms with Crippen LogP contribution >= 0.6 is 0 Å². The first-order valence-electron chi connectivity index (χ1n) is 2.29. The van der Waals surface area contributed by atoms with Gasteiger partial charge in [-0.2, -0.15) is 0 Å². The molecular weight excluding hydrogens is 119 g/mol. The summed E-state index contributed by atoms with van der Waals surface area (Å²) in [4.78, 5) is 0. The second-order valence-electron chi connectivity index (χ2n) is 1.46. The molecule has 0 amide bonds. The largest absolute Gasteiger partial charge is 0.328 e. The van der Waals surface area contributed by atoms with Crippen molar-refractivity contribution >= 4 is 0 Å². The monoisotopic (exact) mass is 127 g/mol. The van der Waals surface area contributed by atoms with E-state index >= 15 is 0 Å². The Labute approximate surface area is 45.7 Å².